The molecule has 0 saturated heterocycles. The van der Waals surface area contributed by atoms with Gasteiger partial charge in [0.05, 0.1) is 11.9 Å². The quantitative estimate of drug-likeness (QED) is 0.805. The number of rotatable bonds is 7. The number of ether oxygens (including phenoxy) is 1. The summed E-state index contributed by atoms with van der Waals surface area (Å²) in [5.41, 5.74) is 0.337. The molecule has 126 valence electrons. The van der Waals surface area contributed by atoms with Crippen LogP contribution in [0.4, 0.5) is 4.79 Å². The van der Waals surface area contributed by atoms with E-state index in [9.17, 15) is 4.79 Å². The van der Waals surface area contributed by atoms with Gasteiger partial charge in [-0.25, -0.2) is 4.79 Å². The normalized spacial score (nSPS) is 12.3. The van der Waals surface area contributed by atoms with E-state index in [0.29, 0.717) is 13.1 Å². The maximum absolute atomic E-state index is 11.8. The zero-order valence-electron chi connectivity index (χ0n) is 14.6. The van der Waals surface area contributed by atoms with Gasteiger partial charge in [0.25, 0.3) is 0 Å². The highest BCUT2D eigenvalue weighted by molar-refractivity contribution is 5.67. The molecule has 0 unspecified atom stereocenters. The Kier molecular flexibility index (Phi) is 6.34. The average molecular weight is 311 g/mol. The Morgan fingerprint density at radius 2 is 1.95 bits per heavy atom. The van der Waals surface area contributed by atoms with Crippen LogP contribution in [0.5, 0.6) is 0 Å². The molecule has 2 N–H and O–H groups in total. The Hall–Kier alpha value is -1.63. The fraction of sp³-hybridized carbons (Fsp3) is 0.800. The van der Waals surface area contributed by atoms with E-state index in [4.69, 9.17) is 4.74 Å². The summed E-state index contributed by atoms with van der Waals surface area (Å²) < 4.78 is 7.03. The van der Waals surface area contributed by atoms with Gasteiger partial charge in [-0.05, 0) is 33.6 Å². The molecule has 7 heteroatoms. The third-order valence-electron chi connectivity index (χ3n) is 3.78. The van der Waals surface area contributed by atoms with Gasteiger partial charge in [-0.15, -0.1) is 5.10 Å². The van der Waals surface area contributed by atoms with E-state index >= 15 is 0 Å². The largest absolute Gasteiger partial charge is 0.444 e. The summed E-state index contributed by atoms with van der Waals surface area (Å²) in [6.45, 7) is 10.9. The lowest BCUT2D eigenvalue weighted by Gasteiger charge is -2.33. The lowest BCUT2D eigenvalue weighted by atomic mass is 9.92. The summed E-state index contributed by atoms with van der Waals surface area (Å²) in [6.07, 6.45) is 3.14. The number of carbonyl (C=O) groups excluding carboxylic acids is 1. The van der Waals surface area contributed by atoms with Crippen molar-refractivity contribution in [1.82, 2.24) is 25.6 Å². The van der Waals surface area contributed by atoms with Crippen LogP contribution in [0.3, 0.4) is 0 Å². The minimum atomic E-state index is -0.487. The van der Waals surface area contributed by atoms with E-state index < -0.39 is 5.60 Å². The van der Waals surface area contributed by atoms with Crippen LogP contribution in [-0.2, 0) is 18.3 Å². The molecule has 1 rings (SSSR count). The van der Waals surface area contributed by atoms with Crippen LogP contribution in [-0.4, -0.2) is 38.8 Å². The number of amides is 1. The van der Waals surface area contributed by atoms with E-state index in [1.165, 1.54) is 0 Å². The van der Waals surface area contributed by atoms with Crippen LogP contribution in [0.25, 0.3) is 0 Å². The first-order valence-electron chi connectivity index (χ1n) is 7.77. The highest BCUT2D eigenvalue weighted by Gasteiger charge is 2.27. The number of aromatic nitrogens is 3. The molecule has 0 bridgehead atoms. The van der Waals surface area contributed by atoms with Crippen molar-refractivity contribution in [3.8, 4) is 0 Å². The molecule has 1 heterocycles. The summed E-state index contributed by atoms with van der Waals surface area (Å²) in [5.74, 6) is 0. The standard InChI is InChI=1S/C15H29N5O2/c1-7-15(8-2,11-16-13(21)22-14(3,4)5)17-9-12-10-18-19-20(12)6/h10,17H,7-9,11H2,1-6H3,(H,16,21). The van der Waals surface area contributed by atoms with Crippen molar-refractivity contribution in [3.63, 3.8) is 0 Å². The average Bonchev–Trinajstić information content (AvgIpc) is 2.83. The molecule has 0 atom stereocenters. The molecule has 1 aromatic heterocycles. The summed E-state index contributed by atoms with van der Waals surface area (Å²) in [7, 11) is 1.86. The predicted molar refractivity (Wildman–Crippen MR) is 85.4 cm³/mol. The van der Waals surface area contributed by atoms with Gasteiger partial charge in [0.15, 0.2) is 0 Å². The lowest BCUT2D eigenvalue weighted by molar-refractivity contribution is 0.0506. The number of carbonyl (C=O) groups is 1. The maximum Gasteiger partial charge on any atom is 0.407 e. The van der Waals surface area contributed by atoms with Crippen molar-refractivity contribution >= 4 is 6.09 Å². The van der Waals surface area contributed by atoms with Crippen LogP contribution in [0.2, 0.25) is 0 Å². The second-order valence-corrected chi connectivity index (χ2v) is 6.55. The Balaban J connectivity index is 2.59. The van der Waals surface area contributed by atoms with Gasteiger partial charge in [-0.1, -0.05) is 19.1 Å². The van der Waals surface area contributed by atoms with Crippen molar-refractivity contribution in [3.05, 3.63) is 11.9 Å². The third-order valence-corrected chi connectivity index (χ3v) is 3.78. The second kappa shape index (κ2) is 7.58. The van der Waals surface area contributed by atoms with Crippen molar-refractivity contribution < 1.29 is 9.53 Å². The molecule has 0 aliphatic rings. The first-order chi connectivity index (χ1) is 10.2. The predicted octanol–water partition coefficient (Wildman–Crippen LogP) is 1.99. The molecule has 0 radical (unpaired) electrons. The Morgan fingerprint density at radius 3 is 2.41 bits per heavy atom. The zero-order valence-corrected chi connectivity index (χ0v) is 14.6. The molecule has 0 saturated carbocycles. The minimum absolute atomic E-state index is 0.179. The third kappa shape index (κ3) is 5.63. The molecule has 0 aliphatic carbocycles. The van der Waals surface area contributed by atoms with Crippen molar-refractivity contribution in [1.29, 1.82) is 0 Å². The van der Waals surface area contributed by atoms with Crippen molar-refractivity contribution in [2.24, 2.45) is 7.05 Å². The van der Waals surface area contributed by atoms with Crippen LogP contribution in [0.1, 0.15) is 53.2 Å². The minimum Gasteiger partial charge on any atom is -0.444 e. The Labute approximate surface area is 132 Å². The molecule has 0 aromatic carbocycles. The Bertz CT molecular complexity index is 475. The number of hydrogen-bond donors (Lipinski definition) is 2. The monoisotopic (exact) mass is 311 g/mol. The molecular weight excluding hydrogens is 282 g/mol. The number of aryl methyl sites for hydroxylation is 1. The van der Waals surface area contributed by atoms with E-state index in [1.807, 2.05) is 27.8 Å². The SMILES string of the molecule is CCC(CC)(CNC(=O)OC(C)(C)C)NCc1cnnn1C. The summed E-state index contributed by atoms with van der Waals surface area (Å²) in [6, 6.07) is 0. The number of nitrogens with zero attached hydrogens (tertiary/aromatic N) is 3. The highest BCUT2D eigenvalue weighted by Crippen LogP contribution is 2.16. The van der Waals surface area contributed by atoms with Gasteiger partial charge in [0.2, 0.25) is 0 Å². The van der Waals surface area contributed by atoms with Gasteiger partial charge in [0, 0.05) is 25.7 Å². The van der Waals surface area contributed by atoms with Gasteiger partial charge < -0.3 is 15.4 Å². The molecule has 7 nitrogen and oxygen atoms in total. The van der Waals surface area contributed by atoms with Crippen LogP contribution >= 0.6 is 0 Å². The van der Waals surface area contributed by atoms with Crippen LogP contribution < -0.4 is 10.6 Å². The van der Waals surface area contributed by atoms with Crippen LogP contribution in [0.15, 0.2) is 6.20 Å². The number of hydrogen-bond acceptors (Lipinski definition) is 5. The first kappa shape index (κ1) is 18.4. The van der Waals surface area contributed by atoms with E-state index in [2.05, 4.69) is 34.8 Å². The lowest BCUT2D eigenvalue weighted by Crippen LogP contribution is -2.53. The molecule has 0 fully saturated rings. The molecule has 0 aliphatic heterocycles. The van der Waals surface area contributed by atoms with E-state index in [-0.39, 0.29) is 11.6 Å². The smallest absolute Gasteiger partial charge is 0.407 e. The summed E-state index contributed by atoms with van der Waals surface area (Å²) in [4.78, 5) is 11.8. The Morgan fingerprint density at radius 1 is 1.32 bits per heavy atom. The number of nitrogens with one attached hydrogen (secondary N) is 2. The van der Waals surface area contributed by atoms with E-state index in [0.717, 1.165) is 18.5 Å². The van der Waals surface area contributed by atoms with Crippen molar-refractivity contribution in [2.45, 2.75) is 65.1 Å². The van der Waals surface area contributed by atoms with E-state index in [1.54, 1.807) is 10.9 Å². The molecule has 1 aromatic rings. The van der Waals surface area contributed by atoms with Crippen LogP contribution in [0, 0.1) is 0 Å². The highest BCUT2D eigenvalue weighted by atomic mass is 16.6. The zero-order chi connectivity index (χ0) is 16.8. The summed E-state index contributed by atoms with van der Waals surface area (Å²) >= 11 is 0. The van der Waals surface area contributed by atoms with Gasteiger partial charge in [-0.3, -0.25) is 4.68 Å². The van der Waals surface area contributed by atoms with Gasteiger partial charge >= 0.3 is 6.09 Å². The number of alkyl carbamates (subject to hydrolysis) is 1. The fourth-order valence-corrected chi connectivity index (χ4v) is 2.12. The second-order valence-electron chi connectivity index (χ2n) is 6.55. The molecule has 0 spiro atoms. The molecule has 22 heavy (non-hydrogen) atoms. The topological polar surface area (TPSA) is 81.1 Å². The van der Waals surface area contributed by atoms with Crippen molar-refractivity contribution in [2.75, 3.05) is 6.54 Å². The fourth-order valence-electron chi connectivity index (χ4n) is 2.12. The maximum atomic E-state index is 11.8. The molecular formula is C15H29N5O2. The molecule has 1 amide bonds. The van der Waals surface area contributed by atoms with Gasteiger partial charge in [0.1, 0.15) is 5.60 Å². The van der Waals surface area contributed by atoms with Gasteiger partial charge in [-0.2, -0.15) is 0 Å². The first-order valence-corrected chi connectivity index (χ1v) is 7.77. The summed E-state index contributed by atoms with van der Waals surface area (Å²) in [5, 5.41) is 14.2.